The highest BCUT2D eigenvalue weighted by molar-refractivity contribution is 7.28. The van der Waals surface area contributed by atoms with Gasteiger partial charge in [0.15, 0.2) is 5.82 Å². The van der Waals surface area contributed by atoms with Gasteiger partial charge in [0.05, 0.1) is 10.9 Å². The van der Waals surface area contributed by atoms with Gasteiger partial charge in [-0.05, 0) is 30.9 Å². The fraction of sp³-hybridized carbons (Fsp3) is 0.350. The van der Waals surface area contributed by atoms with E-state index < -0.39 is 12.0 Å². The fourth-order valence-corrected chi connectivity index (χ4v) is 3.45. The molecule has 2 aromatic heterocycles. The molecule has 3 aromatic rings. The minimum Gasteiger partial charge on any atom is -0.315 e. The minimum absolute atomic E-state index is 0.162. The van der Waals surface area contributed by atoms with Crippen LogP contribution in [0.3, 0.4) is 0 Å². The van der Waals surface area contributed by atoms with E-state index >= 15 is 0 Å². The molecule has 2 heterocycles. The third-order valence-electron chi connectivity index (χ3n) is 4.61. The van der Waals surface area contributed by atoms with Crippen LogP contribution >= 0.6 is 9.24 Å². The van der Waals surface area contributed by atoms with Gasteiger partial charge in [0, 0.05) is 36.0 Å². The van der Waals surface area contributed by atoms with Gasteiger partial charge in [-0.15, -0.1) is 9.24 Å². The molecule has 3 rings (SSSR count). The van der Waals surface area contributed by atoms with Crippen molar-refractivity contribution in [1.82, 2.24) is 14.5 Å². The summed E-state index contributed by atoms with van der Waals surface area (Å²) in [5, 5.41) is 1.16. The van der Waals surface area contributed by atoms with E-state index in [4.69, 9.17) is 0 Å². The number of hydrogen-bond acceptors (Lipinski definition) is 3. The molecule has 1 aromatic carbocycles. The van der Waals surface area contributed by atoms with Crippen LogP contribution < -0.4 is 10.9 Å². The Morgan fingerprint density at radius 1 is 1.26 bits per heavy atom. The van der Waals surface area contributed by atoms with E-state index in [0.29, 0.717) is 22.9 Å². The van der Waals surface area contributed by atoms with Crippen molar-refractivity contribution < 1.29 is 8.78 Å². The predicted octanol–water partition coefficient (Wildman–Crippen LogP) is 4.32. The number of halogens is 2. The second-order valence-electron chi connectivity index (χ2n) is 6.59. The van der Waals surface area contributed by atoms with Gasteiger partial charge in [-0.25, -0.2) is 18.7 Å². The first-order chi connectivity index (χ1) is 12.9. The molecule has 0 saturated heterocycles. The van der Waals surface area contributed by atoms with Crippen molar-refractivity contribution in [3.63, 3.8) is 0 Å². The van der Waals surface area contributed by atoms with Crippen molar-refractivity contribution in [2.45, 2.75) is 45.8 Å². The number of pyridine rings is 1. The summed E-state index contributed by atoms with van der Waals surface area (Å²) in [7, 11) is 2.32. The van der Waals surface area contributed by atoms with Crippen molar-refractivity contribution in [2.24, 2.45) is 0 Å². The van der Waals surface area contributed by atoms with E-state index in [1.165, 1.54) is 19.3 Å². The van der Waals surface area contributed by atoms with Crippen molar-refractivity contribution >= 4 is 25.3 Å². The van der Waals surface area contributed by atoms with Crippen LogP contribution in [0.15, 0.2) is 35.5 Å². The van der Waals surface area contributed by atoms with Crippen molar-refractivity contribution in [3.05, 3.63) is 52.5 Å². The summed E-state index contributed by atoms with van der Waals surface area (Å²) in [4.78, 5) is 20.9. The summed E-state index contributed by atoms with van der Waals surface area (Å²) in [6.07, 6.45) is 6.26. The van der Waals surface area contributed by atoms with Gasteiger partial charge in [0.25, 0.3) is 5.56 Å². The largest absolute Gasteiger partial charge is 0.315 e. The Bertz CT molecular complexity index is 1020. The van der Waals surface area contributed by atoms with Gasteiger partial charge in [-0.3, -0.25) is 4.79 Å². The Morgan fingerprint density at radius 3 is 2.59 bits per heavy atom. The molecule has 0 aliphatic rings. The summed E-state index contributed by atoms with van der Waals surface area (Å²) in [6.45, 7) is 4.10. The average Bonchev–Trinajstić information content (AvgIpc) is 2.66. The molecule has 0 fully saturated rings. The first kappa shape index (κ1) is 19.6. The summed E-state index contributed by atoms with van der Waals surface area (Å²) >= 11 is 0. The van der Waals surface area contributed by atoms with Gasteiger partial charge in [-0.2, -0.15) is 0 Å². The van der Waals surface area contributed by atoms with E-state index in [1.807, 2.05) is 0 Å². The monoisotopic (exact) mass is 389 g/mol. The Kier molecular flexibility index (Phi) is 5.95. The van der Waals surface area contributed by atoms with Gasteiger partial charge in [-0.1, -0.05) is 19.8 Å². The number of aromatic nitrogens is 3. The Morgan fingerprint density at radius 2 is 1.96 bits per heavy atom. The number of rotatable bonds is 6. The maximum absolute atomic E-state index is 15.0. The lowest BCUT2D eigenvalue weighted by molar-refractivity contribution is 0.372. The average molecular weight is 389 g/mol. The summed E-state index contributed by atoms with van der Waals surface area (Å²) in [5.74, 6) is -0.397. The number of aryl methyl sites for hydroxylation is 1. The fourth-order valence-electron chi connectivity index (χ4n) is 3.01. The molecule has 142 valence electrons. The topological polar surface area (TPSA) is 47.8 Å². The summed E-state index contributed by atoms with van der Waals surface area (Å²) < 4.78 is 29.9. The number of unbranched alkanes of at least 4 members (excludes halogenated alkanes) is 2. The normalized spacial score (nSPS) is 12.5. The molecule has 0 radical (unpaired) electrons. The lowest BCUT2D eigenvalue weighted by Crippen LogP contribution is -2.24. The number of hydrogen-bond donors (Lipinski definition) is 0. The van der Waals surface area contributed by atoms with Gasteiger partial charge in [0.2, 0.25) is 0 Å². The smallest absolute Gasteiger partial charge is 0.259 e. The van der Waals surface area contributed by atoms with Crippen LogP contribution in [-0.2, 0) is 6.54 Å². The number of benzene rings is 1. The van der Waals surface area contributed by atoms with E-state index in [9.17, 15) is 13.6 Å². The van der Waals surface area contributed by atoms with Crippen molar-refractivity contribution in [2.75, 3.05) is 0 Å². The van der Waals surface area contributed by atoms with E-state index in [0.717, 1.165) is 19.3 Å². The first-order valence-electron chi connectivity index (χ1n) is 9.01. The number of fused-ring (bicyclic) bond motifs is 1. The molecule has 27 heavy (non-hydrogen) atoms. The van der Waals surface area contributed by atoms with Crippen LogP contribution in [0.4, 0.5) is 8.78 Å². The molecule has 0 bridgehead atoms. The first-order valence-corrected chi connectivity index (χ1v) is 9.59. The van der Waals surface area contributed by atoms with Gasteiger partial charge < -0.3 is 4.57 Å². The highest BCUT2D eigenvalue weighted by Gasteiger charge is 2.17. The lowest BCUT2D eigenvalue weighted by atomic mass is 10.1. The van der Waals surface area contributed by atoms with Crippen molar-refractivity contribution in [3.8, 4) is 11.4 Å². The zero-order valence-electron chi connectivity index (χ0n) is 15.4. The van der Waals surface area contributed by atoms with Crippen LogP contribution in [0, 0.1) is 5.82 Å². The minimum atomic E-state index is -1.19. The molecular formula is C20H22F2N3OP. The summed E-state index contributed by atoms with van der Waals surface area (Å²) in [6, 6.07) is 3.38. The maximum Gasteiger partial charge on any atom is 0.259 e. The van der Waals surface area contributed by atoms with Crippen LogP contribution in [0.25, 0.3) is 22.2 Å². The molecule has 0 amide bonds. The van der Waals surface area contributed by atoms with Crippen LogP contribution in [0.2, 0.25) is 0 Å². The van der Waals surface area contributed by atoms with Crippen LogP contribution in [-0.4, -0.2) is 14.5 Å². The third kappa shape index (κ3) is 3.91. The molecule has 0 aliphatic heterocycles. The molecular weight excluding hydrogens is 367 g/mol. The quantitative estimate of drug-likeness (QED) is 0.466. The molecule has 0 spiro atoms. The standard InChI is InChI=1S/C20H22F2N3OP/c1-3-4-5-7-25-8-6-13-9-15(17(22)18(27)16(13)20(25)26)19-23-10-14(11-24-19)12(2)21/h6,8-12H,3-5,7,27H2,1-2H3. The SMILES string of the molecule is CCCCCn1ccc2cc(-c3ncc(C(C)F)cn3)c(F)c(P)c2c1=O. The lowest BCUT2D eigenvalue weighted by Gasteiger charge is -2.12. The Hall–Kier alpha value is -2.20. The van der Waals surface area contributed by atoms with E-state index in [1.54, 1.807) is 22.9 Å². The maximum atomic E-state index is 15.0. The third-order valence-corrected chi connectivity index (χ3v) is 5.16. The highest BCUT2D eigenvalue weighted by Crippen LogP contribution is 2.25. The van der Waals surface area contributed by atoms with E-state index in [2.05, 4.69) is 26.1 Å². The van der Waals surface area contributed by atoms with Crippen LogP contribution in [0.1, 0.15) is 44.8 Å². The molecule has 0 aliphatic carbocycles. The molecule has 7 heteroatoms. The molecule has 2 unspecified atom stereocenters. The zero-order valence-corrected chi connectivity index (χ0v) is 16.5. The van der Waals surface area contributed by atoms with Crippen molar-refractivity contribution in [1.29, 1.82) is 0 Å². The summed E-state index contributed by atoms with van der Waals surface area (Å²) in [5.41, 5.74) is 0.316. The van der Waals surface area contributed by atoms with Crippen LogP contribution in [0.5, 0.6) is 0 Å². The molecule has 2 atom stereocenters. The highest BCUT2D eigenvalue weighted by atomic mass is 31.0. The van der Waals surface area contributed by atoms with Gasteiger partial charge >= 0.3 is 0 Å². The zero-order chi connectivity index (χ0) is 19.6. The van der Waals surface area contributed by atoms with Gasteiger partial charge in [0.1, 0.15) is 12.0 Å². The van der Waals surface area contributed by atoms with E-state index in [-0.39, 0.29) is 22.3 Å². The number of alkyl halides is 1. The Labute approximate surface area is 158 Å². The molecule has 0 saturated carbocycles. The molecule has 0 N–H and O–H groups in total. The predicted molar refractivity (Wildman–Crippen MR) is 108 cm³/mol. The Balaban J connectivity index is 2.08. The second kappa shape index (κ2) is 8.22. The second-order valence-corrected chi connectivity index (χ2v) is 7.17. The number of nitrogens with zero attached hydrogens (tertiary/aromatic N) is 3. The molecule has 4 nitrogen and oxygen atoms in total.